The van der Waals surface area contributed by atoms with E-state index in [0.717, 1.165) is 94.6 Å². The monoisotopic (exact) mass is 802 g/mol. The first-order chi connectivity index (χ1) is 30.0. The molecular weight excluding hydrogens is 759 g/mol. The van der Waals surface area contributed by atoms with Crippen molar-refractivity contribution in [3.8, 4) is 34.4 Å². The minimum Gasteiger partial charge on any atom is -0.458 e. The average molecular weight is 803 g/mol. The smallest absolute Gasteiger partial charge is 0.260 e. The molecule has 0 aliphatic carbocycles. The minimum atomic E-state index is -0.0602. The molecule has 2 aliphatic rings. The molecule has 13 rings (SSSR count). The number of nitrogens with zero attached hydrogens (tertiary/aromatic N) is 2. The van der Waals surface area contributed by atoms with Crippen LogP contribution in [0.1, 0.15) is 52.7 Å². The molecule has 62 heavy (non-hydrogen) atoms. The Bertz CT molecular complexity index is 3640. The van der Waals surface area contributed by atoms with Gasteiger partial charge in [0.05, 0.1) is 38.5 Å². The summed E-state index contributed by atoms with van der Waals surface area (Å²) >= 11 is 0. The molecule has 0 atom stereocenters. The topological polar surface area (TPSA) is 41.5 Å². The first kappa shape index (κ1) is 35.6. The van der Waals surface area contributed by atoms with E-state index >= 15 is 0 Å². The number of para-hydroxylation sites is 4. The van der Waals surface area contributed by atoms with Crippen molar-refractivity contribution in [1.82, 2.24) is 9.13 Å². The largest absolute Gasteiger partial charge is 0.458 e. The lowest BCUT2D eigenvalue weighted by Gasteiger charge is -2.35. The number of hydrogen-bond acceptors (Lipinski definition) is 3. The Kier molecular flexibility index (Phi) is 7.02. The summed E-state index contributed by atoms with van der Waals surface area (Å²) in [5, 5.41) is 6.75. The molecule has 0 radical (unpaired) electrons. The number of rotatable bonds is 2. The fourth-order valence-electron chi connectivity index (χ4n) is 10.5. The molecule has 5 heterocycles. The molecule has 3 aromatic heterocycles. The van der Waals surface area contributed by atoms with Crippen LogP contribution in [0.3, 0.4) is 0 Å². The van der Waals surface area contributed by atoms with E-state index in [1.807, 2.05) is 0 Å². The summed E-state index contributed by atoms with van der Waals surface area (Å²) in [6.07, 6.45) is 0. The molecular formula is C56H43BN2O3. The van der Waals surface area contributed by atoms with Gasteiger partial charge in [-0.25, -0.2) is 0 Å². The van der Waals surface area contributed by atoms with Crippen molar-refractivity contribution in [3.63, 3.8) is 0 Å². The van der Waals surface area contributed by atoms with Gasteiger partial charge >= 0.3 is 0 Å². The second kappa shape index (κ2) is 12.2. The summed E-state index contributed by atoms with van der Waals surface area (Å²) in [7, 11) is 0. The number of fused-ring (bicyclic) bond motifs is 16. The summed E-state index contributed by atoms with van der Waals surface area (Å²) in [4.78, 5) is 0. The highest BCUT2D eigenvalue weighted by molar-refractivity contribution is 6.98. The summed E-state index contributed by atoms with van der Waals surface area (Å²) in [5.41, 5.74) is 14.1. The summed E-state index contributed by atoms with van der Waals surface area (Å²) in [6, 6.07) is 54.7. The van der Waals surface area contributed by atoms with Crippen LogP contribution in [0.15, 0.2) is 156 Å². The maximum atomic E-state index is 7.08. The van der Waals surface area contributed by atoms with Gasteiger partial charge in [0.15, 0.2) is 0 Å². The lowest BCUT2D eigenvalue weighted by atomic mass is 9.34. The Labute approximate surface area is 359 Å². The SMILES string of the molecule is CC(C)(C)c1ccc2c(c1)B1c3cc(C(C)(C)C)ccc3Oc3cc(-n4c5ccccc5c5c6oc7ccccc7c6c6c(c7ccccc7n6-c6ccccc6)c54)cc(c31)O2. The fraction of sp³-hybridized carbons (Fsp3) is 0.143. The lowest BCUT2D eigenvalue weighted by Crippen LogP contribution is -2.57. The number of benzene rings is 8. The van der Waals surface area contributed by atoms with E-state index in [1.165, 1.54) is 32.8 Å². The normalized spacial score (nSPS) is 13.5. The molecule has 0 unspecified atom stereocenters. The standard InChI is InChI=1S/C56H43BN2O3/c1-55(2,3)32-24-26-44-39(28-32)57-40-29-33(56(4,5)6)25-27-45(40)61-47-31-35(30-46(60-44)51(47)57)59-42-22-14-11-19-37(42)49-52(59)48-36-18-10-13-21-41(36)58(34-16-8-7-9-17-34)53(48)50-38-20-12-15-23-43(38)62-54(49)50/h7-31H,1-6H3. The molecule has 0 fully saturated rings. The van der Waals surface area contributed by atoms with E-state index in [4.69, 9.17) is 13.9 Å². The maximum absolute atomic E-state index is 7.08. The Morgan fingerprint density at radius 2 is 0.919 bits per heavy atom. The number of ether oxygens (including phenoxy) is 2. The summed E-state index contributed by atoms with van der Waals surface area (Å²) in [5.74, 6) is 3.38. The fourth-order valence-corrected chi connectivity index (χ4v) is 10.5. The third-order valence-electron chi connectivity index (χ3n) is 13.5. The second-order valence-corrected chi connectivity index (χ2v) is 19.3. The Morgan fingerprint density at radius 3 is 1.50 bits per heavy atom. The number of aromatic nitrogens is 2. The molecule has 6 heteroatoms. The first-order valence-electron chi connectivity index (χ1n) is 21.7. The highest BCUT2D eigenvalue weighted by Gasteiger charge is 2.42. The molecule has 0 bridgehead atoms. The Morgan fingerprint density at radius 1 is 0.435 bits per heavy atom. The van der Waals surface area contributed by atoms with Gasteiger partial charge < -0.3 is 23.0 Å². The van der Waals surface area contributed by atoms with E-state index in [1.54, 1.807) is 0 Å². The quantitative estimate of drug-likeness (QED) is 0.164. The van der Waals surface area contributed by atoms with Crippen molar-refractivity contribution in [2.75, 3.05) is 0 Å². The van der Waals surface area contributed by atoms with Gasteiger partial charge in [-0.15, -0.1) is 0 Å². The van der Waals surface area contributed by atoms with Crippen molar-refractivity contribution < 1.29 is 13.9 Å². The van der Waals surface area contributed by atoms with E-state index in [-0.39, 0.29) is 17.5 Å². The van der Waals surface area contributed by atoms with Crippen LogP contribution >= 0.6 is 0 Å². The number of hydrogen-bond donors (Lipinski definition) is 0. The molecule has 298 valence electrons. The molecule has 0 spiro atoms. The molecule has 0 N–H and O–H groups in total. The van der Waals surface area contributed by atoms with Crippen molar-refractivity contribution in [2.45, 2.75) is 52.4 Å². The third-order valence-corrected chi connectivity index (χ3v) is 13.5. The predicted octanol–water partition coefficient (Wildman–Crippen LogP) is 13.1. The molecule has 0 saturated carbocycles. The Hall–Kier alpha value is -7.18. The van der Waals surface area contributed by atoms with Crippen molar-refractivity contribution >= 4 is 88.7 Å². The highest BCUT2D eigenvalue weighted by atomic mass is 16.5. The van der Waals surface area contributed by atoms with Crippen LogP contribution < -0.4 is 25.9 Å². The van der Waals surface area contributed by atoms with Gasteiger partial charge in [-0.2, -0.15) is 0 Å². The van der Waals surface area contributed by atoms with Gasteiger partial charge in [0.1, 0.15) is 34.2 Å². The van der Waals surface area contributed by atoms with E-state index in [0.29, 0.717) is 0 Å². The predicted molar refractivity (Wildman–Crippen MR) is 257 cm³/mol. The summed E-state index contributed by atoms with van der Waals surface area (Å²) in [6.45, 7) is 13.6. The van der Waals surface area contributed by atoms with Crippen LogP contribution in [0.5, 0.6) is 23.0 Å². The van der Waals surface area contributed by atoms with E-state index in [9.17, 15) is 0 Å². The van der Waals surface area contributed by atoms with Crippen LogP contribution in [0, 0.1) is 0 Å². The van der Waals surface area contributed by atoms with E-state index < -0.39 is 0 Å². The van der Waals surface area contributed by atoms with Crippen LogP contribution in [-0.4, -0.2) is 15.8 Å². The van der Waals surface area contributed by atoms with Gasteiger partial charge in [-0.1, -0.05) is 139 Å². The summed E-state index contributed by atoms with van der Waals surface area (Å²) < 4.78 is 26.1. The lowest BCUT2D eigenvalue weighted by molar-refractivity contribution is 0.463. The van der Waals surface area contributed by atoms with Crippen molar-refractivity contribution in [1.29, 1.82) is 0 Å². The zero-order valence-electron chi connectivity index (χ0n) is 35.6. The van der Waals surface area contributed by atoms with Crippen LogP contribution in [0.4, 0.5) is 0 Å². The van der Waals surface area contributed by atoms with Crippen molar-refractivity contribution in [2.24, 2.45) is 0 Å². The third kappa shape index (κ3) is 4.81. The molecule has 11 aromatic rings. The van der Waals surface area contributed by atoms with Gasteiger partial charge in [0.2, 0.25) is 0 Å². The number of furan rings is 1. The Balaban J connectivity index is 1.17. The minimum absolute atomic E-state index is 0.0278. The molecule has 0 amide bonds. The van der Waals surface area contributed by atoms with Crippen LogP contribution in [-0.2, 0) is 10.8 Å². The first-order valence-corrected chi connectivity index (χ1v) is 21.7. The highest BCUT2D eigenvalue weighted by Crippen LogP contribution is 2.50. The molecule has 8 aromatic carbocycles. The maximum Gasteiger partial charge on any atom is 0.260 e. The van der Waals surface area contributed by atoms with Gasteiger partial charge in [-0.05, 0) is 75.3 Å². The second-order valence-electron chi connectivity index (χ2n) is 19.3. The average Bonchev–Trinajstić information content (AvgIpc) is 3.93. The molecule has 5 nitrogen and oxygen atoms in total. The van der Waals surface area contributed by atoms with Crippen molar-refractivity contribution in [3.05, 3.63) is 163 Å². The van der Waals surface area contributed by atoms with Crippen LogP contribution in [0.2, 0.25) is 0 Å². The van der Waals surface area contributed by atoms with Crippen LogP contribution in [0.25, 0.3) is 76.9 Å². The van der Waals surface area contributed by atoms with Gasteiger partial charge in [-0.3, -0.25) is 0 Å². The molecule has 0 saturated heterocycles. The molecule has 2 aliphatic heterocycles. The van der Waals surface area contributed by atoms with E-state index in [2.05, 4.69) is 202 Å². The van der Waals surface area contributed by atoms with Gasteiger partial charge in [0.25, 0.3) is 6.71 Å². The zero-order valence-corrected chi connectivity index (χ0v) is 35.6. The zero-order chi connectivity index (χ0) is 41.8. The van der Waals surface area contributed by atoms with Gasteiger partial charge in [0, 0.05) is 44.8 Å².